The van der Waals surface area contributed by atoms with E-state index >= 15 is 0 Å². The third-order valence-corrected chi connectivity index (χ3v) is 2.85. The molecular formula is C12H16F2N2O3. The van der Waals surface area contributed by atoms with Crippen LogP contribution in [0.1, 0.15) is 20.3 Å². The van der Waals surface area contributed by atoms with Gasteiger partial charge in [0.2, 0.25) is 0 Å². The van der Waals surface area contributed by atoms with Gasteiger partial charge in [-0.1, -0.05) is 0 Å². The van der Waals surface area contributed by atoms with Gasteiger partial charge >= 0.3 is 0 Å². The normalized spacial score (nSPS) is 11.4. The molecule has 1 rings (SSSR count). The average molecular weight is 274 g/mol. The lowest BCUT2D eigenvalue weighted by molar-refractivity contribution is -0.384. The zero-order valence-electron chi connectivity index (χ0n) is 11.0. The quantitative estimate of drug-likeness (QED) is 0.639. The molecule has 0 atom stereocenters. The minimum Gasteiger partial charge on any atom is -0.379 e. The molecule has 5 nitrogen and oxygen atoms in total. The van der Waals surface area contributed by atoms with E-state index in [2.05, 4.69) is 5.32 Å². The third-order valence-electron chi connectivity index (χ3n) is 2.85. The second-order valence-electron chi connectivity index (χ2n) is 4.65. The number of rotatable bonds is 6. The smallest absolute Gasteiger partial charge is 0.295 e. The van der Waals surface area contributed by atoms with Gasteiger partial charge in [-0.05, 0) is 26.3 Å². The van der Waals surface area contributed by atoms with Crippen LogP contribution in [0.4, 0.5) is 20.2 Å². The van der Waals surface area contributed by atoms with E-state index in [1.807, 2.05) is 13.8 Å². The predicted molar refractivity (Wildman–Crippen MR) is 67.2 cm³/mol. The lowest BCUT2D eigenvalue weighted by atomic mass is 10.1. The van der Waals surface area contributed by atoms with Crippen LogP contribution in [0.5, 0.6) is 0 Å². The zero-order valence-corrected chi connectivity index (χ0v) is 11.0. The molecule has 0 amide bonds. The maximum Gasteiger partial charge on any atom is 0.295 e. The van der Waals surface area contributed by atoms with Crippen LogP contribution < -0.4 is 5.32 Å². The molecule has 7 heteroatoms. The summed E-state index contributed by atoms with van der Waals surface area (Å²) in [5.41, 5.74) is -1.38. The number of nitro benzene ring substituents is 1. The second-order valence-corrected chi connectivity index (χ2v) is 4.65. The number of ether oxygens (including phenoxy) is 1. The van der Waals surface area contributed by atoms with Crippen LogP contribution in [0.2, 0.25) is 0 Å². The van der Waals surface area contributed by atoms with Crippen LogP contribution in [0, 0.1) is 21.7 Å². The molecule has 0 saturated heterocycles. The molecule has 19 heavy (non-hydrogen) atoms. The van der Waals surface area contributed by atoms with Gasteiger partial charge in [0.25, 0.3) is 5.69 Å². The Morgan fingerprint density at radius 2 is 2.05 bits per heavy atom. The molecule has 0 heterocycles. The minimum atomic E-state index is -1.25. The highest BCUT2D eigenvalue weighted by atomic mass is 19.2. The van der Waals surface area contributed by atoms with Crippen molar-refractivity contribution < 1.29 is 18.4 Å². The van der Waals surface area contributed by atoms with Crippen molar-refractivity contribution in [3.05, 3.63) is 33.9 Å². The number of nitrogens with zero attached hydrogens (tertiary/aromatic N) is 1. The largest absolute Gasteiger partial charge is 0.379 e. The highest BCUT2D eigenvalue weighted by molar-refractivity contribution is 5.62. The van der Waals surface area contributed by atoms with Crippen LogP contribution in [-0.4, -0.2) is 24.2 Å². The summed E-state index contributed by atoms with van der Waals surface area (Å²) < 4.78 is 31.8. The van der Waals surface area contributed by atoms with Gasteiger partial charge in [0.15, 0.2) is 17.3 Å². The number of halogens is 2. The minimum absolute atomic E-state index is 0.224. The van der Waals surface area contributed by atoms with Crippen LogP contribution >= 0.6 is 0 Å². The first-order valence-electron chi connectivity index (χ1n) is 5.70. The number of methoxy groups -OCH3 is 1. The fourth-order valence-electron chi connectivity index (χ4n) is 1.45. The summed E-state index contributed by atoms with van der Waals surface area (Å²) in [5.74, 6) is -2.37. The van der Waals surface area contributed by atoms with E-state index in [0.29, 0.717) is 6.42 Å². The number of benzene rings is 1. The number of hydrogen-bond acceptors (Lipinski definition) is 4. The van der Waals surface area contributed by atoms with Crippen LogP contribution in [0.15, 0.2) is 12.1 Å². The lowest BCUT2D eigenvalue weighted by Gasteiger charge is -2.23. The Morgan fingerprint density at radius 1 is 1.42 bits per heavy atom. The topological polar surface area (TPSA) is 64.4 Å². The van der Waals surface area contributed by atoms with Gasteiger partial charge in [0.1, 0.15) is 0 Å². The molecule has 0 unspecified atom stereocenters. The molecule has 0 spiro atoms. The highest BCUT2D eigenvalue weighted by Crippen LogP contribution is 2.29. The van der Waals surface area contributed by atoms with Crippen molar-refractivity contribution in [2.75, 3.05) is 19.0 Å². The van der Waals surface area contributed by atoms with Crippen molar-refractivity contribution in [3.8, 4) is 0 Å². The number of nitrogens with one attached hydrogen (secondary N) is 1. The monoisotopic (exact) mass is 274 g/mol. The van der Waals surface area contributed by atoms with Crippen LogP contribution in [-0.2, 0) is 4.74 Å². The molecule has 1 aromatic rings. The predicted octanol–water partition coefficient (Wildman–Crippen LogP) is 3.10. The molecule has 0 bridgehead atoms. The van der Waals surface area contributed by atoms with E-state index in [1.165, 1.54) is 7.11 Å². The number of nitro groups is 1. The first-order chi connectivity index (χ1) is 8.78. The lowest BCUT2D eigenvalue weighted by Crippen LogP contribution is -2.26. The Bertz CT molecular complexity index is 478. The Morgan fingerprint density at radius 3 is 2.58 bits per heavy atom. The van der Waals surface area contributed by atoms with Gasteiger partial charge in [0, 0.05) is 19.7 Å². The van der Waals surface area contributed by atoms with Crippen molar-refractivity contribution in [2.24, 2.45) is 0 Å². The first kappa shape index (κ1) is 15.3. The summed E-state index contributed by atoms with van der Waals surface area (Å²) >= 11 is 0. The molecule has 1 aromatic carbocycles. The van der Waals surface area contributed by atoms with Gasteiger partial charge in [0.05, 0.1) is 10.5 Å². The molecule has 0 saturated carbocycles. The van der Waals surface area contributed by atoms with Crippen molar-refractivity contribution in [1.29, 1.82) is 0 Å². The van der Waals surface area contributed by atoms with E-state index in [0.717, 1.165) is 12.1 Å². The van der Waals surface area contributed by atoms with Gasteiger partial charge < -0.3 is 10.1 Å². The molecule has 0 aliphatic carbocycles. The van der Waals surface area contributed by atoms with Gasteiger partial charge in [-0.3, -0.25) is 10.1 Å². The fraction of sp³-hybridized carbons (Fsp3) is 0.500. The summed E-state index contributed by atoms with van der Waals surface area (Å²) in [6.45, 7) is 3.87. The van der Waals surface area contributed by atoms with E-state index < -0.39 is 33.5 Å². The van der Waals surface area contributed by atoms with Gasteiger partial charge in [-0.15, -0.1) is 0 Å². The summed E-state index contributed by atoms with van der Waals surface area (Å²) in [4.78, 5) is 10.00. The van der Waals surface area contributed by atoms with Crippen molar-refractivity contribution in [1.82, 2.24) is 0 Å². The second kappa shape index (κ2) is 5.92. The molecule has 0 aromatic heterocycles. The molecule has 1 N–H and O–H groups in total. The summed E-state index contributed by atoms with van der Waals surface area (Å²) in [6.07, 6.45) is 0.483. The standard InChI is InChI=1S/C12H16F2N2O3/c1-12(2,19-3)6-7-15-11-9(16(17)18)5-4-8(13)10(11)14/h4-5,15H,6-7H2,1-3H3. The summed E-state index contributed by atoms with van der Waals surface area (Å²) in [5, 5.41) is 13.3. The molecule has 0 radical (unpaired) electrons. The molecule has 0 fully saturated rings. The first-order valence-corrected chi connectivity index (χ1v) is 5.70. The highest BCUT2D eigenvalue weighted by Gasteiger charge is 2.22. The maximum absolute atomic E-state index is 13.6. The van der Waals surface area contributed by atoms with Crippen molar-refractivity contribution >= 4 is 11.4 Å². The van der Waals surface area contributed by atoms with Crippen LogP contribution in [0.3, 0.4) is 0 Å². The SMILES string of the molecule is COC(C)(C)CCNc1c([N+](=O)[O-])ccc(F)c1F. The van der Waals surface area contributed by atoms with Crippen molar-refractivity contribution in [3.63, 3.8) is 0 Å². The fourth-order valence-corrected chi connectivity index (χ4v) is 1.45. The Kier molecular flexibility index (Phi) is 4.77. The van der Waals surface area contributed by atoms with E-state index in [1.54, 1.807) is 0 Å². The molecule has 0 aliphatic rings. The Balaban J connectivity index is 2.88. The van der Waals surface area contributed by atoms with E-state index in [4.69, 9.17) is 4.74 Å². The third kappa shape index (κ3) is 3.85. The summed E-state index contributed by atoms with van der Waals surface area (Å²) in [6, 6.07) is 1.67. The average Bonchev–Trinajstić information content (AvgIpc) is 2.34. The number of hydrogen-bond donors (Lipinski definition) is 1. The molecular weight excluding hydrogens is 258 g/mol. The number of anilines is 1. The Hall–Kier alpha value is -1.76. The maximum atomic E-state index is 13.6. The van der Waals surface area contributed by atoms with Gasteiger partial charge in [-0.2, -0.15) is 0 Å². The van der Waals surface area contributed by atoms with E-state index in [9.17, 15) is 18.9 Å². The van der Waals surface area contributed by atoms with Gasteiger partial charge in [-0.25, -0.2) is 8.78 Å². The molecule has 106 valence electrons. The Labute approximate surface area is 109 Å². The van der Waals surface area contributed by atoms with E-state index in [-0.39, 0.29) is 6.54 Å². The zero-order chi connectivity index (χ0) is 14.6. The summed E-state index contributed by atoms with van der Waals surface area (Å²) in [7, 11) is 1.53. The van der Waals surface area contributed by atoms with Crippen molar-refractivity contribution in [2.45, 2.75) is 25.9 Å². The van der Waals surface area contributed by atoms with Crippen LogP contribution in [0.25, 0.3) is 0 Å². The molecule has 0 aliphatic heterocycles.